The predicted molar refractivity (Wildman–Crippen MR) is 93.1 cm³/mol. The smallest absolute Gasteiger partial charge is 0.260 e. The molecule has 0 unspecified atom stereocenters. The monoisotopic (exact) mass is 322 g/mol. The molecule has 1 N–H and O–H groups in total. The molecule has 6 nitrogen and oxygen atoms in total. The van der Waals surface area contributed by atoms with Gasteiger partial charge in [0.05, 0.1) is 30.2 Å². The van der Waals surface area contributed by atoms with Crippen molar-refractivity contribution < 1.29 is 9.53 Å². The van der Waals surface area contributed by atoms with Crippen molar-refractivity contribution in [3.05, 3.63) is 60.4 Å². The van der Waals surface area contributed by atoms with Crippen molar-refractivity contribution in [2.75, 3.05) is 6.61 Å². The van der Waals surface area contributed by atoms with Gasteiger partial charge in [-0.05, 0) is 48.9 Å². The number of nitrogens with one attached hydrogen (secondary N) is 1. The summed E-state index contributed by atoms with van der Waals surface area (Å²) in [6.45, 7) is 2.74. The topological polar surface area (TPSA) is 68.5 Å². The molecule has 122 valence electrons. The average molecular weight is 322 g/mol. The SMILES string of the molecule is CCOc1ccc(/C=N/NC(=O)Cn2cnc3ccccc32)cc1. The third-order valence-electron chi connectivity index (χ3n) is 3.44. The van der Waals surface area contributed by atoms with Gasteiger partial charge in [-0.25, -0.2) is 10.4 Å². The molecule has 0 bridgehead atoms. The molecule has 1 heterocycles. The Hall–Kier alpha value is -3.15. The van der Waals surface area contributed by atoms with Gasteiger partial charge < -0.3 is 9.30 Å². The standard InChI is InChI=1S/C18H18N4O2/c1-2-24-15-9-7-14(8-10-15)11-20-21-18(23)12-22-13-19-16-5-3-4-6-17(16)22/h3-11,13H,2,12H2,1H3,(H,21,23)/b20-11+. The van der Waals surface area contributed by atoms with Crippen LogP contribution in [-0.4, -0.2) is 28.3 Å². The largest absolute Gasteiger partial charge is 0.494 e. The summed E-state index contributed by atoms with van der Waals surface area (Å²) in [7, 11) is 0. The molecule has 0 spiro atoms. The maximum atomic E-state index is 12.0. The number of nitrogens with zero attached hydrogens (tertiary/aromatic N) is 3. The quantitative estimate of drug-likeness (QED) is 0.560. The first-order valence-electron chi connectivity index (χ1n) is 7.71. The first-order valence-corrected chi connectivity index (χ1v) is 7.71. The highest BCUT2D eigenvalue weighted by molar-refractivity contribution is 5.83. The molecule has 1 aromatic heterocycles. The van der Waals surface area contributed by atoms with Gasteiger partial charge in [0, 0.05) is 0 Å². The van der Waals surface area contributed by atoms with E-state index < -0.39 is 0 Å². The van der Waals surface area contributed by atoms with Gasteiger partial charge in [-0.3, -0.25) is 4.79 Å². The Labute approximate surface area is 139 Å². The highest BCUT2D eigenvalue weighted by atomic mass is 16.5. The number of carbonyl (C=O) groups excluding carboxylic acids is 1. The Kier molecular flexibility index (Phi) is 4.86. The lowest BCUT2D eigenvalue weighted by Crippen LogP contribution is -2.22. The van der Waals surface area contributed by atoms with Gasteiger partial charge in [0.25, 0.3) is 5.91 Å². The van der Waals surface area contributed by atoms with Crippen LogP contribution in [0.4, 0.5) is 0 Å². The third-order valence-corrected chi connectivity index (χ3v) is 3.44. The number of hydrogen-bond donors (Lipinski definition) is 1. The molecule has 0 atom stereocenters. The number of amides is 1. The summed E-state index contributed by atoms with van der Waals surface area (Å²) in [6.07, 6.45) is 3.25. The number of rotatable bonds is 6. The van der Waals surface area contributed by atoms with Crippen molar-refractivity contribution in [1.29, 1.82) is 0 Å². The van der Waals surface area contributed by atoms with Crippen LogP contribution in [0.1, 0.15) is 12.5 Å². The van der Waals surface area contributed by atoms with Crippen LogP contribution in [-0.2, 0) is 11.3 Å². The Morgan fingerprint density at radius 1 is 1.25 bits per heavy atom. The fourth-order valence-corrected chi connectivity index (χ4v) is 2.32. The molecule has 0 aliphatic carbocycles. The summed E-state index contributed by atoms with van der Waals surface area (Å²) in [4.78, 5) is 16.2. The summed E-state index contributed by atoms with van der Waals surface area (Å²) in [6, 6.07) is 15.2. The molecule has 0 aliphatic heterocycles. The van der Waals surface area contributed by atoms with Gasteiger partial charge >= 0.3 is 0 Å². The number of imidazole rings is 1. The lowest BCUT2D eigenvalue weighted by molar-refractivity contribution is -0.121. The number of benzene rings is 2. The van der Waals surface area contributed by atoms with Crippen molar-refractivity contribution in [2.24, 2.45) is 5.10 Å². The van der Waals surface area contributed by atoms with Crippen molar-refractivity contribution >= 4 is 23.2 Å². The zero-order chi connectivity index (χ0) is 16.8. The van der Waals surface area contributed by atoms with Crippen LogP contribution >= 0.6 is 0 Å². The maximum Gasteiger partial charge on any atom is 0.260 e. The van der Waals surface area contributed by atoms with E-state index in [1.54, 1.807) is 17.1 Å². The summed E-state index contributed by atoms with van der Waals surface area (Å²) in [5, 5.41) is 3.98. The predicted octanol–water partition coefficient (Wildman–Crippen LogP) is 2.59. The van der Waals surface area contributed by atoms with Crippen LogP contribution in [0.15, 0.2) is 60.0 Å². The molecule has 0 fully saturated rings. The van der Waals surface area contributed by atoms with Crippen LogP contribution in [0.2, 0.25) is 0 Å². The van der Waals surface area contributed by atoms with Crippen LogP contribution in [0.3, 0.4) is 0 Å². The van der Waals surface area contributed by atoms with Crippen LogP contribution in [0, 0.1) is 0 Å². The molecular formula is C18H18N4O2. The van der Waals surface area contributed by atoms with Crippen molar-refractivity contribution in [3.63, 3.8) is 0 Å². The average Bonchev–Trinajstić information content (AvgIpc) is 3.00. The Balaban J connectivity index is 1.57. The molecule has 24 heavy (non-hydrogen) atoms. The fourth-order valence-electron chi connectivity index (χ4n) is 2.32. The lowest BCUT2D eigenvalue weighted by Gasteiger charge is -2.03. The molecule has 3 aromatic rings. The van der Waals surface area contributed by atoms with Gasteiger partial charge in [0.1, 0.15) is 12.3 Å². The first-order chi connectivity index (χ1) is 11.8. The molecule has 0 radical (unpaired) electrons. The number of ether oxygens (including phenoxy) is 1. The highest BCUT2D eigenvalue weighted by Gasteiger charge is 2.05. The molecule has 1 amide bonds. The number of para-hydroxylation sites is 2. The number of carbonyl (C=O) groups is 1. The summed E-state index contributed by atoms with van der Waals surface area (Å²) in [5.41, 5.74) is 5.19. The van der Waals surface area contributed by atoms with E-state index >= 15 is 0 Å². The number of fused-ring (bicyclic) bond motifs is 1. The van der Waals surface area contributed by atoms with E-state index in [-0.39, 0.29) is 12.5 Å². The second-order valence-electron chi connectivity index (χ2n) is 5.16. The van der Waals surface area contributed by atoms with Crippen molar-refractivity contribution in [2.45, 2.75) is 13.5 Å². The minimum Gasteiger partial charge on any atom is -0.494 e. The van der Waals surface area contributed by atoms with E-state index in [1.165, 1.54) is 0 Å². The van der Waals surface area contributed by atoms with Gasteiger partial charge in [-0.1, -0.05) is 12.1 Å². The van der Waals surface area contributed by atoms with Gasteiger partial charge in [-0.15, -0.1) is 0 Å². The molecule has 0 saturated heterocycles. The maximum absolute atomic E-state index is 12.0. The minimum atomic E-state index is -0.208. The molecule has 0 aliphatic rings. The fraction of sp³-hybridized carbons (Fsp3) is 0.167. The Morgan fingerprint density at radius 3 is 2.83 bits per heavy atom. The normalized spacial score (nSPS) is 11.0. The zero-order valence-electron chi connectivity index (χ0n) is 13.3. The summed E-state index contributed by atoms with van der Waals surface area (Å²) < 4.78 is 7.16. The van der Waals surface area contributed by atoms with Crippen molar-refractivity contribution in [3.8, 4) is 5.75 Å². The molecular weight excluding hydrogens is 304 g/mol. The van der Waals surface area contributed by atoms with E-state index in [0.717, 1.165) is 22.3 Å². The Bertz CT molecular complexity index is 853. The van der Waals surface area contributed by atoms with Crippen LogP contribution in [0.25, 0.3) is 11.0 Å². The van der Waals surface area contributed by atoms with Crippen LogP contribution in [0.5, 0.6) is 5.75 Å². The first kappa shape index (κ1) is 15.7. The minimum absolute atomic E-state index is 0.168. The third kappa shape index (κ3) is 3.78. The molecule has 2 aromatic carbocycles. The summed E-state index contributed by atoms with van der Waals surface area (Å²) >= 11 is 0. The van der Waals surface area contributed by atoms with Crippen LogP contribution < -0.4 is 10.2 Å². The van der Waals surface area contributed by atoms with Gasteiger partial charge in [-0.2, -0.15) is 5.10 Å². The molecule has 0 saturated carbocycles. The summed E-state index contributed by atoms with van der Waals surface area (Å²) in [5.74, 6) is 0.603. The molecule has 3 rings (SSSR count). The van der Waals surface area contributed by atoms with Crippen molar-refractivity contribution in [1.82, 2.24) is 15.0 Å². The zero-order valence-corrected chi connectivity index (χ0v) is 13.3. The number of aromatic nitrogens is 2. The second kappa shape index (κ2) is 7.41. The van der Waals surface area contributed by atoms with E-state index in [0.29, 0.717) is 6.61 Å². The Morgan fingerprint density at radius 2 is 2.04 bits per heavy atom. The number of hydrogen-bond acceptors (Lipinski definition) is 4. The van der Waals surface area contributed by atoms with E-state index in [2.05, 4.69) is 15.5 Å². The van der Waals surface area contributed by atoms with E-state index in [9.17, 15) is 4.79 Å². The van der Waals surface area contributed by atoms with E-state index in [1.807, 2.05) is 55.5 Å². The molecule has 6 heteroatoms. The lowest BCUT2D eigenvalue weighted by atomic mass is 10.2. The number of hydrazone groups is 1. The van der Waals surface area contributed by atoms with E-state index in [4.69, 9.17) is 4.74 Å². The second-order valence-corrected chi connectivity index (χ2v) is 5.16. The van der Waals surface area contributed by atoms with Gasteiger partial charge in [0.15, 0.2) is 0 Å². The highest BCUT2D eigenvalue weighted by Crippen LogP contribution is 2.12. The van der Waals surface area contributed by atoms with Gasteiger partial charge in [0.2, 0.25) is 0 Å².